The molecule has 1 aromatic heterocycles. The number of carbonyl (C=O) groups is 1. The number of benzene rings is 1. The SMILES string of the molecule is Cc1ccc(NC(=O)c2cnc(NN)cn2)c(Cl)c1. The standard InChI is InChI=1S/C12H12ClN5O/c1-7-2-3-9(8(13)4-7)17-12(19)10-5-16-11(18-14)6-15-10/h2-6H,14H2,1H3,(H,16,18)(H,17,19). The van der Waals surface area contributed by atoms with Gasteiger partial charge in [0.25, 0.3) is 5.91 Å². The molecule has 19 heavy (non-hydrogen) atoms. The third-order valence-electron chi connectivity index (χ3n) is 2.41. The quantitative estimate of drug-likeness (QED) is 0.589. The van der Waals surface area contributed by atoms with E-state index in [0.717, 1.165) is 5.56 Å². The van der Waals surface area contributed by atoms with Crippen molar-refractivity contribution in [3.05, 3.63) is 46.9 Å². The minimum atomic E-state index is -0.387. The highest BCUT2D eigenvalue weighted by Gasteiger charge is 2.10. The van der Waals surface area contributed by atoms with Crippen LogP contribution < -0.4 is 16.6 Å². The topological polar surface area (TPSA) is 92.9 Å². The summed E-state index contributed by atoms with van der Waals surface area (Å²) in [5, 5.41) is 3.14. The first-order valence-electron chi connectivity index (χ1n) is 5.46. The Labute approximate surface area is 115 Å². The zero-order chi connectivity index (χ0) is 13.8. The van der Waals surface area contributed by atoms with Gasteiger partial charge in [-0.05, 0) is 24.6 Å². The van der Waals surface area contributed by atoms with Crippen molar-refractivity contribution in [1.82, 2.24) is 9.97 Å². The summed E-state index contributed by atoms with van der Waals surface area (Å²) in [5.41, 5.74) is 4.05. The summed E-state index contributed by atoms with van der Waals surface area (Å²) in [5.74, 6) is 5.16. The number of hydrazine groups is 1. The van der Waals surface area contributed by atoms with E-state index in [0.29, 0.717) is 16.5 Å². The fraction of sp³-hybridized carbons (Fsp3) is 0.0833. The summed E-state index contributed by atoms with van der Waals surface area (Å²) < 4.78 is 0. The lowest BCUT2D eigenvalue weighted by molar-refractivity contribution is 0.102. The third kappa shape index (κ3) is 3.18. The molecular weight excluding hydrogens is 266 g/mol. The van der Waals surface area contributed by atoms with Crippen LogP contribution in [0.25, 0.3) is 0 Å². The van der Waals surface area contributed by atoms with E-state index in [1.165, 1.54) is 12.4 Å². The van der Waals surface area contributed by atoms with E-state index in [1.807, 2.05) is 13.0 Å². The van der Waals surface area contributed by atoms with Crippen LogP contribution in [0.3, 0.4) is 0 Å². The molecule has 4 N–H and O–H groups in total. The van der Waals surface area contributed by atoms with E-state index < -0.39 is 0 Å². The van der Waals surface area contributed by atoms with Gasteiger partial charge in [0.2, 0.25) is 0 Å². The number of aryl methyl sites for hydroxylation is 1. The maximum Gasteiger partial charge on any atom is 0.275 e. The molecule has 0 aliphatic heterocycles. The van der Waals surface area contributed by atoms with Gasteiger partial charge >= 0.3 is 0 Å². The normalized spacial score (nSPS) is 10.1. The van der Waals surface area contributed by atoms with Crippen molar-refractivity contribution >= 4 is 29.0 Å². The number of anilines is 2. The van der Waals surface area contributed by atoms with Crippen molar-refractivity contribution in [2.24, 2.45) is 5.84 Å². The van der Waals surface area contributed by atoms with Crippen LogP contribution in [0.5, 0.6) is 0 Å². The molecular formula is C12H12ClN5O. The average Bonchev–Trinajstić information content (AvgIpc) is 2.42. The number of hydrogen-bond donors (Lipinski definition) is 3. The van der Waals surface area contributed by atoms with Crippen molar-refractivity contribution in [3.8, 4) is 0 Å². The molecule has 0 aliphatic carbocycles. The van der Waals surface area contributed by atoms with Crippen molar-refractivity contribution in [1.29, 1.82) is 0 Å². The lowest BCUT2D eigenvalue weighted by atomic mass is 10.2. The molecule has 0 aliphatic rings. The molecule has 98 valence electrons. The van der Waals surface area contributed by atoms with E-state index in [-0.39, 0.29) is 11.6 Å². The minimum Gasteiger partial charge on any atom is -0.319 e. The Hall–Kier alpha value is -2.18. The van der Waals surface area contributed by atoms with Crippen LogP contribution in [-0.2, 0) is 0 Å². The molecule has 1 heterocycles. The van der Waals surface area contributed by atoms with E-state index >= 15 is 0 Å². The number of halogens is 1. The zero-order valence-corrected chi connectivity index (χ0v) is 10.9. The Morgan fingerprint density at radius 3 is 2.68 bits per heavy atom. The number of amides is 1. The van der Waals surface area contributed by atoms with Crippen LogP contribution in [0.15, 0.2) is 30.6 Å². The maximum absolute atomic E-state index is 11.9. The molecule has 0 saturated heterocycles. The molecule has 1 amide bonds. The second-order valence-electron chi connectivity index (χ2n) is 3.87. The number of carbonyl (C=O) groups excluding carboxylic acids is 1. The van der Waals surface area contributed by atoms with Gasteiger partial charge in [0.1, 0.15) is 5.69 Å². The summed E-state index contributed by atoms with van der Waals surface area (Å²) in [6.45, 7) is 1.92. The maximum atomic E-state index is 11.9. The Bertz CT molecular complexity index is 600. The van der Waals surface area contributed by atoms with E-state index in [4.69, 9.17) is 17.4 Å². The molecule has 0 radical (unpaired) electrons. The molecule has 0 spiro atoms. The second kappa shape index (κ2) is 5.64. The summed E-state index contributed by atoms with van der Waals surface area (Å²) in [7, 11) is 0. The van der Waals surface area contributed by atoms with Crippen LogP contribution in [-0.4, -0.2) is 15.9 Å². The Balaban J connectivity index is 2.15. The molecule has 1 aromatic carbocycles. The van der Waals surface area contributed by atoms with Crippen LogP contribution in [0, 0.1) is 6.92 Å². The third-order valence-corrected chi connectivity index (χ3v) is 2.72. The highest BCUT2D eigenvalue weighted by atomic mass is 35.5. The van der Waals surface area contributed by atoms with Crippen LogP contribution in [0.2, 0.25) is 5.02 Å². The fourth-order valence-corrected chi connectivity index (χ4v) is 1.71. The van der Waals surface area contributed by atoms with E-state index in [9.17, 15) is 4.79 Å². The summed E-state index contributed by atoms with van der Waals surface area (Å²) in [6, 6.07) is 5.36. The molecule has 0 saturated carbocycles. The van der Waals surface area contributed by atoms with Gasteiger partial charge in [-0.3, -0.25) is 4.79 Å². The number of nitrogens with zero attached hydrogens (tertiary/aromatic N) is 2. The first-order valence-corrected chi connectivity index (χ1v) is 5.84. The first kappa shape index (κ1) is 13.3. The van der Waals surface area contributed by atoms with Gasteiger partial charge in [0, 0.05) is 0 Å². The largest absolute Gasteiger partial charge is 0.319 e. The zero-order valence-electron chi connectivity index (χ0n) is 10.1. The molecule has 7 heteroatoms. The van der Waals surface area contributed by atoms with Gasteiger partial charge in [0.15, 0.2) is 5.82 Å². The number of nitrogens with one attached hydrogen (secondary N) is 2. The highest BCUT2D eigenvalue weighted by Crippen LogP contribution is 2.23. The monoisotopic (exact) mass is 277 g/mol. The first-order chi connectivity index (χ1) is 9.10. The number of nitrogen functional groups attached to an aromatic ring is 1. The van der Waals surface area contributed by atoms with Gasteiger partial charge in [0.05, 0.1) is 23.1 Å². The fourth-order valence-electron chi connectivity index (χ4n) is 1.43. The lowest BCUT2D eigenvalue weighted by Crippen LogP contribution is -2.15. The number of hydrogen-bond acceptors (Lipinski definition) is 5. The minimum absolute atomic E-state index is 0.177. The number of rotatable bonds is 3. The van der Waals surface area contributed by atoms with Gasteiger partial charge in [-0.25, -0.2) is 15.8 Å². The number of nitrogens with two attached hydrogens (primary N) is 1. The molecule has 2 rings (SSSR count). The average molecular weight is 278 g/mol. The van der Waals surface area contributed by atoms with Crippen LogP contribution >= 0.6 is 11.6 Å². The molecule has 0 bridgehead atoms. The van der Waals surface area contributed by atoms with Crippen LogP contribution in [0.1, 0.15) is 16.1 Å². The van der Waals surface area contributed by atoms with Gasteiger partial charge < -0.3 is 10.7 Å². The smallest absolute Gasteiger partial charge is 0.275 e. The predicted octanol–water partition coefficient (Wildman–Crippen LogP) is 1.98. The van der Waals surface area contributed by atoms with Crippen molar-refractivity contribution in [2.45, 2.75) is 6.92 Å². The van der Waals surface area contributed by atoms with Crippen LogP contribution in [0.4, 0.5) is 11.5 Å². The summed E-state index contributed by atoms with van der Waals surface area (Å²) in [6.07, 6.45) is 2.69. The van der Waals surface area contributed by atoms with Crippen molar-refractivity contribution < 1.29 is 4.79 Å². The second-order valence-corrected chi connectivity index (χ2v) is 4.28. The lowest BCUT2D eigenvalue weighted by Gasteiger charge is -2.07. The Morgan fingerprint density at radius 1 is 1.32 bits per heavy atom. The van der Waals surface area contributed by atoms with Crippen molar-refractivity contribution in [2.75, 3.05) is 10.7 Å². The number of aromatic nitrogens is 2. The molecule has 0 atom stereocenters. The van der Waals surface area contributed by atoms with Gasteiger partial charge in [-0.2, -0.15) is 0 Å². The Morgan fingerprint density at radius 2 is 2.11 bits per heavy atom. The van der Waals surface area contributed by atoms with Gasteiger partial charge in [-0.1, -0.05) is 17.7 Å². The summed E-state index contributed by atoms with van der Waals surface area (Å²) in [4.78, 5) is 19.8. The molecule has 2 aromatic rings. The predicted molar refractivity (Wildman–Crippen MR) is 74.0 cm³/mol. The Kier molecular flexibility index (Phi) is 3.94. The van der Waals surface area contributed by atoms with E-state index in [2.05, 4.69) is 20.7 Å². The summed E-state index contributed by atoms with van der Waals surface area (Å²) >= 11 is 6.03. The van der Waals surface area contributed by atoms with Crippen molar-refractivity contribution in [3.63, 3.8) is 0 Å². The molecule has 0 fully saturated rings. The van der Waals surface area contributed by atoms with Gasteiger partial charge in [-0.15, -0.1) is 0 Å². The molecule has 6 nitrogen and oxygen atoms in total. The highest BCUT2D eigenvalue weighted by molar-refractivity contribution is 6.34. The van der Waals surface area contributed by atoms with E-state index in [1.54, 1.807) is 12.1 Å². The molecule has 0 unspecified atom stereocenters.